The van der Waals surface area contributed by atoms with Gasteiger partial charge in [0, 0.05) is 19.2 Å². The van der Waals surface area contributed by atoms with Crippen molar-refractivity contribution in [3.8, 4) is 5.75 Å². The minimum absolute atomic E-state index is 0.900. The number of hydrogen-bond donors (Lipinski definition) is 0. The third-order valence-corrected chi connectivity index (χ3v) is 4.23. The van der Waals surface area contributed by atoms with Gasteiger partial charge in [-0.2, -0.15) is 0 Å². The van der Waals surface area contributed by atoms with Crippen LogP contribution >= 0.6 is 0 Å². The quantitative estimate of drug-likeness (QED) is 0.858. The van der Waals surface area contributed by atoms with Gasteiger partial charge < -0.3 is 14.2 Å². The molecule has 0 N–H and O–H groups in total. The lowest BCUT2D eigenvalue weighted by molar-refractivity contribution is 0.221. The summed E-state index contributed by atoms with van der Waals surface area (Å²) in [6.45, 7) is 6.70. The standard InChI is InChI=1S/C16H23N3O/c1-13-17-15-7-6-14(20-2)12-16(15)19(13)11-10-18-8-4-3-5-9-18/h6-7,12H,3-5,8-11H2,1-2H3. The molecule has 0 aliphatic carbocycles. The number of fused-ring (bicyclic) bond motifs is 1. The Morgan fingerprint density at radius 3 is 2.70 bits per heavy atom. The number of hydrogen-bond acceptors (Lipinski definition) is 3. The van der Waals surface area contributed by atoms with E-state index in [1.54, 1.807) is 7.11 Å². The lowest BCUT2D eigenvalue weighted by atomic mass is 10.1. The van der Waals surface area contributed by atoms with Crippen LogP contribution in [0.2, 0.25) is 0 Å². The van der Waals surface area contributed by atoms with Crippen LogP contribution in [0.1, 0.15) is 25.1 Å². The lowest BCUT2D eigenvalue weighted by Gasteiger charge is -2.26. The fourth-order valence-electron chi connectivity index (χ4n) is 3.06. The smallest absolute Gasteiger partial charge is 0.121 e. The molecule has 0 unspecified atom stereocenters. The van der Waals surface area contributed by atoms with Crippen LogP contribution in [0.4, 0.5) is 0 Å². The summed E-state index contributed by atoms with van der Waals surface area (Å²) in [6, 6.07) is 6.11. The van der Waals surface area contributed by atoms with E-state index >= 15 is 0 Å². The van der Waals surface area contributed by atoms with Crippen molar-refractivity contribution in [1.29, 1.82) is 0 Å². The highest BCUT2D eigenvalue weighted by molar-refractivity contribution is 5.77. The highest BCUT2D eigenvalue weighted by Crippen LogP contribution is 2.22. The van der Waals surface area contributed by atoms with Gasteiger partial charge in [0.25, 0.3) is 0 Å². The summed E-state index contributed by atoms with van der Waals surface area (Å²) in [5, 5.41) is 0. The fourth-order valence-corrected chi connectivity index (χ4v) is 3.06. The highest BCUT2D eigenvalue weighted by Gasteiger charge is 2.12. The highest BCUT2D eigenvalue weighted by atomic mass is 16.5. The Bertz CT molecular complexity index is 585. The predicted octanol–water partition coefficient (Wildman–Crippen LogP) is 2.84. The van der Waals surface area contributed by atoms with E-state index in [2.05, 4.69) is 27.4 Å². The Hall–Kier alpha value is -1.55. The SMILES string of the molecule is COc1ccc2nc(C)n(CCN3CCCCC3)c2c1. The van der Waals surface area contributed by atoms with Gasteiger partial charge in [-0.25, -0.2) is 4.98 Å². The molecule has 20 heavy (non-hydrogen) atoms. The van der Waals surface area contributed by atoms with Crippen molar-refractivity contribution in [2.45, 2.75) is 32.7 Å². The largest absolute Gasteiger partial charge is 0.497 e. The van der Waals surface area contributed by atoms with E-state index in [9.17, 15) is 0 Å². The second-order valence-electron chi connectivity index (χ2n) is 5.57. The summed E-state index contributed by atoms with van der Waals surface area (Å²) in [5.74, 6) is 1.99. The molecular formula is C16H23N3O. The molecule has 0 saturated carbocycles. The van der Waals surface area contributed by atoms with Crippen molar-refractivity contribution in [2.24, 2.45) is 0 Å². The third-order valence-electron chi connectivity index (χ3n) is 4.23. The number of rotatable bonds is 4. The van der Waals surface area contributed by atoms with Crippen molar-refractivity contribution in [1.82, 2.24) is 14.5 Å². The fraction of sp³-hybridized carbons (Fsp3) is 0.562. The van der Waals surface area contributed by atoms with Crippen LogP contribution in [-0.2, 0) is 6.54 Å². The molecule has 0 bridgehead atoms. The Balaban J connectivity index is 1.80. The van der Waals surface area contributed by atoms with E-state index in [4.69, 9.17) is 4.74 Å². The second-order valence-corrected chi connectivity index (χ2v) is 5.57. The van der Waals surface area contributed by atoms with Gasteiger partial charge in [-0.05, 0) is 45.0 Å². The number of methoxy groups -OCH3 is 1. The molecule has 4 heteroatoms. The number of aryl methyl sites for hydroxylation is 1. The Morgan fingerprint density at radius 1 is 1.15 bits per heavy atom. The number of aromatic nitrogens is 2. The molecule has 1 fully saturated rings. The molecule has 0 radical (unpaired) electrons. The van der Waals surface area contributed by atoms with Crippen LogP contribution in [0.15, 0.2) is 18.2 Å². The summed E-state index contributed by atoms with van der Waals surface area (Å²) in [7, 11) is 1.71. The van der Waals surface area contributed by atoms with Crippen molar-refractivity contribution in [3.05, 3.63) is 24.0 Å². The second kappa shape index (κ2) is 5.83. The molecule has 3 rings (SSSR count). The van der Waals surface area contributed by atoms with Crippen LogP contribution in [0.3, 0.4) is 0 Å². The van der Waals surface area contributed by atoms with Crippen LogP contribution in [-0.4, -0.2) is 41.2 Å². The number of imidazole rings is 1. The first-order valence-corrected chi connectivity index (χ1v) is 7.51. The maximum absolute atomic E-state index is 5.33. The molecule has 1 aromatic carbocycles. The molecule has 4 nitrogen and oxygen atoms in total. The van der Waals surface area contributed by atoms with Crippen LogP contribution in [0.5, 0.6) is 5.75 Å². The topological polar surface area (TPSA) is 30.3 Å². The maximum Gasteiger partial charge on any atom is 0.121 e. The monoisotopic (exact) mass is 273 g/mol. The van der Waals surface area contributed by atoms with Gasteiger partial charge in [0.05, 0.1) is 18.1 Å². The molecule has 0 spiro atoms. The normalized spacial score (nSPS) is 16.7. The first-order valence-electron chi connectivity index (χ1n) is 7.51. The molecule has 1 aliphatic rings. The van der Waals surface area contributed by atoms with Gasteiger partial charge in [0.15, 0.2) is 0 Å². The molecule has 0 atom stereocenters. The average Bonchev–Trinajstić information content (AvgIpc) is 2.80. The summed E-state index contributed by atoms with van der Waals surface area (Å²) >= 11 is 0. The molecule has 0 amide bonds. The van der Waals surface area contributed by atoms with E-state index in [1.807, 2.05) is 12.1 Å². The van der Waals surface area contributed by atoms with Gasteiger partial charge in [-0.1, -0.05) is 6.42 Å². The minimum atomic E-state index is 0.900. The zero-order chi connectivity index (χ0) is 13.9. The lowest BCUT2D eigenvalue weighted by Crippen LogP contribution is -2.32. The van der Waals surface area contributed by atoms with Crippen molar-refractivity contribution < 1.29 is 4.74 Å². The third kappa shape index (κ3) is 2.66. The molecule has 2 heterocycles. The summed E-state index contributed by atoms with van der Waals surface area (Å²) in [5.41, 5.74) is 2.24. The molecular weight excluding hydrogens is 250 g/mol. The molecule has 108 valence electrons. The van der Waals surface area contributed by atoms with Gasteiger partial charge in [0.2, 0.25) is 0 Å². The van der Waals surface area contributed by atoms with E-state index in [0.717, 1.165) is 30.2 Å². The van der Waals surface area contributed by atoms with Crippen molar-refractivity contribution >= 4 is 11.0 Å². The number of ether oxygens (including phenoxy) is 1. The van der Waals surface area contributed by atoms with Gasteiger partial charge >= 0.3 is 0 Å². The van der Waals surface area contributed by atoms with E-state index in [0.29, 0.717) is 0 Å². The van der Waals surface area contributed by atoms with E-state index < -0.39 is 0 Å². The maximum atomic E-state index is 5.33. The Morgan fingerprint density at radius 2 is 1.95 bits per heavy atom. The zero-order valence-corrected chi connectivity index (χ0v) is 12.4. The van der Waals surface area contributed by atoms with Gasteiger partial charge in [0.1, 0.15) is 11.6 Å². The van der Waals surface area contributed by atoms with Crippen molar-refractivity contribution in [3.63, 3.8) is 0 Å². The zero-order valence-electron chi connectivity index (χ0n) is 12.4. The Labute approximate surface area is 120 Å². The number of likely N-dealkylation sites (tertiary alicyclic amines) is 1. The average molecular weight is 273 g/mol. The van der Waals surface area contributed by atoms with Crippen molar-refractivity contribution in [2.75, 3.05) is 26.7 Å². The molecule has 1 aromatic heterocycles. The summed E-state index contributed by atoms with van der Waals surface area (Å²) in [4.78, 5) is 7.21. The summed E-state index contributed by atoms with van der Waals surface area (Å²) in [6.07, 6.45) is 4.08. The first-order chi connectivity index (χ1) is 9.78. The number of piperidine rings is 1. The van der Waals surface area contributed by atoms with Crippen LogP contribution < -0.4 is 4.74 Å². The summed E-state index contributed by atoms with van der Waals surface area (Å²) < 4.78 is 7.64. The number of benzene rings is 1. The molecule has 2 aromatic rings. The van der Waals surface area contributed by atoms with E-state index in [-0.39, 0.29) is 0 Å². The van der Waals surface area contributed by atoms with Crippen LogP contribution in [0.25, 0.3) is 11.0 Å². The predicted molar refractivity (Wildman–Crippen MR) is 81.3 cm³/mol. The van der Waals surface area contributed by atoms with Crippen LogP contribution in [0, 0.1) is 6.92 Å². The molecule has 1 saturated heterocycles. The van der Waals surface area contributed by atoms with Gasteiger partial charge in [-0.15, -0.1) is 0 Å². The molecule has 1 aliphatic heterocycles. The first kappa shape index (κ1) is 13.4. The van der Waals surface area contributed by atoms with E-state index in [1.165, 1.54) is 37.9 Å². The Kier molecular flexibility index (Phi) is 3.92. The number of nitrogens with zero attached hydrogens (tertiary/aromatic N) is 3. The van der Waals surface area contributed by atoms with Gasteiger partial charge in [-0.3, -0.25) is 0 Å². The minimum Gasteiger partial charge on any atom is -0.497 e.